The Hall–Kier alpha value is -2.75. The third-order valence-corrected chi connectivity index (χ3v) is 17.8. The molecule has 3 radical (unpaired) electrons. The van der Waals surface area contributed by atoms with Crippen LogP contribution in [0.1, 0.15) is 96.6 Å². The van der Waals surface area contributed by atoms with Gasteiger partial charge in [-0.1, -0.05) is 41.5 Å². The molecule has 12 atom stereocenters. The maximum absolute atomic E-state index is 11.9. The van der Waals surface area contributed by atoms with E-state index in [-0.39, 0.29) is 197 Å². The standard InChI is InChI=1S/C17H24N5O3S.C16H23N6O4S.C16H22N5O5S.3Y/c1-5-6-7-26(23,24)21-8-14-11(2)12(3)17(25-14)22-10-20-15-13(4)18-9-19-16(15)22;1-5-13(23)21-27(24,25)20-6-12-9(2)10(3)16(26-12)22-8-19-14-11(4)17-7-18-15(14)22;1-5-13(22)20-27(23,24)25-6-12-9(2)10(3)16(26-12)21-8-19-14-11(4)17-7-18-15(14)21;;;/h6-7,9-12,14,17,21H,1,5,8H2,2-4H3;7-10,12,16,20H,1,5-6H2,2-4H3,(H,21,23);7-10,12,16H,1,5-6H2,2-4H3,(H,20,22);;;/q3*-1;;;/b7-6+;;;;;/t11-,12+,14+,17+;2*9-,10+,12+,16+;;;/m000.../s1. The molecule has 3 aliphatic heterocycles. The number of amides is 2. The Morgan fingerprint density at radius 1 is 0.542 bits per heavy atom. The molecule has 0 spiro atoms. The zero-order chi connectivity index (χ0) is 58.4. The van der Waals surface area contributed by atoms with E-state index in [2.05, 4.69) is 88.9 Å². The number of hydrogen-bond donors (Lipinski definition) is 4. The van der Waals surface area contributed by atoms with Gasteiger partial charge >= 0.3 is 20.5 Å². The van der Waals surface area contributed by atoms with Crippen LogP contribution in [-0.2, 0) is 157 Å². The topological polar surface area (TPSA) is 352 Å². The van der Waals surface area contributed by atoms with Gasteiger partial charge in [0.15, 0.2) is 16.9 Å². The largest absolute Gasteiger partial charge is 0.362 e. The van der Waals surface area contributed by atoms with Crippen LogP contribution in [0.5, 0.6) is 0 Å². The molecular weight excluding hydrogens is 1370 g/mol. The third-order valence-electron chi connectivity index (χ3n) is 14.7. The van der Waals surface area contributed by atoms with Crippen LogP contribution in [0.3, 0.4) is 0 Å². The van der Waals surface area contributed by atoms with E-state index in [0.29, 0.717) is 28.7 Å². The maximum Gasteiger partial charge on any atom is 0.362 e. The van der Waals surface area contributed by atoms with Gasteiger partial charge in [0.05, 0.1) is 61.0 Å². The maximum atomic E-state index is 11.9. The van der Waals surface area contributed by atoms with Gasteiger partial charge < -0.3 is 35.0 Å². The van der Waals surface area contributed by atoms with Crippen molar-refractivity contribution in [3.8, 4) is 0 Å². The molecule has 0 aliphatic carbocycles. The number of carbonyl (C=O) groups is 2. The van der Waals surface area contributed by atoms with E-state index in [1.165, 1.54) is 25.1 Å². The number of nitrogens with zero attached hydrogens (tertiary/aromatic N) is 12. The summed E-state index contributed by atoms with van der Waals surface area (Å²) in [5.74, 6) is -0.830. The Morgan fingerprint density at radius 2 is 0.904 bits per heavy atom. The second-order valence-electron chi connectivity index (χ2n) is 19.9. The quantitative estimate of drug-likeness (QED) is 0.0896. The molecule has 3 aliphatic rings. The fourth-order valence-electron chi connectivity index (χ4n) is 9.40. The van der Waals surface area contributed by atoms with Gasteiger partial charge in [0.1, 0.15) is 54.2 Å². The van der Waals surface area contributed by atoms with Crippen LogP contribution in [0.25, 0.3) is 33.5 Å². The van der Waals surface area contributed by atoms with Crippen LogP contribution < -0.4 is 18.9 Å². The fraction of sp³-hybridized carbons (Fsp3) is 0.551. The first kappa shape index (κ1) is 72.7. The number of ether oxygens (including phenoxy) is 3. The average Bonchev–Trinajstić information content (AvgIpc) is 4.44. The molecule has 3 fully saturated rings. The van der Waals surface area contributed by atoms with E-state index in [4.69, 9.17) is 18.4 Å². The number of rotatable bonds is 18. The van der Waals surface area contributed by atoms with Crippen molar-refractivity contribution in [3.63, 3.8) is 0 Å². The smallest absolute Gasteiger partial charge is 0.353 e. The first-order valence-electron chi connectivity index (χ1n) is 25.7. The number of carbonyl (C=O) groups excluding carboxylic acids is 2. The van der Waals surface area contributed by atoms with Gasteiger partial charge in [-0.2, -0.15) is 28.0 Å². The van der Waals surface area contributed by atoms with Crippen molar-refractivity contribution in [1.29, 1.82) is 0 Å². The van der Waals surface area contributed by atoms with Crippen LogP contribution in [0.4, 0.5) is 0 Å². The van der Waals surface area contributed by atoms with Gasteiger partial charge in [-0.15, -0.1) is 18.9 Å². The molecule has 0 aromatic carbocycles. The summed E-state index contributed by atoms with van der Waals surface area (Å²) in [5.41, 5.74) is 6.57. The van der Waals surface area contributed by atoms with Gasteiger partial charge in [0.25, 0.3) is 0 Å². The van der Waals surface area contributed by atoms with Crippen molar-refractivity contribution >= 4 is 75.8 Å². The van der Waals surface area contributed by atoms with Crippen molar-refractivity contribution in [2.24, 2.45) is 35.5 Å². The van der Waals surface area contributed by atoms with Crippen LogP contribution in [0.15, 0.2) is 49.4 Å². The van der Waals surface area contributed by atoms with E-state index in [9.17, 15) is 34.8 Å². The average molecular weight is 1440 g/mol. The predicted molar refractivity (Wildman–Crippen MR) is 291 cm³/mol. The van der Waals surface area contributed by atoms with Crippen LogP contribution in [0, 0.1) is 77.0 Å². The molecule has 447 valence electrons. The van der Waals surface area contributed by atoms with Gasteiger partial charge in [-0.25, -0.2) is 67.4 Å². The molecule has 3 saturated heterocycles. The molecule has 2 amide bonds. The van der Waals surface area contributed by atoms with Crippen LogP contribution in [0.2, 0.25) is 0 Å². The van der Waals surface area contributed by atoms with Crippen molar-refractivity contribution in [1.82, 2.24) is 77.4 Å². The van der Waals surface area contributed by atoms with Crippen molar-refractivity contribution in [2.75, 3.05) is 19.7 Å². The number of fused-ring (bicyclic) bond motifs is 3. The molecule has 9 rings (SSSR count). The minimum atomic E-state index is -4.19. The van der Waals surface area contributed by atoms with Crippen molar-refractivity contribution in [2.45, 2.75) is 119 Å². The number of allylic oxidation sites excluding steroid dienone is 1. The van der Waals surface area contributed by atoms with E-state index >= 15 is 0 Å². The molecule has 28 nitrogen and oxygen atoms in total. The number of sulfonamides is 1. The first-order valence-corrected chi connectivity index (χ1v) is 30.2. The van der Waals surface area contributed by atoms with Gasteiger partial charge in [0, 0.05) is 134 Å². The van der Waals surface area contributed by atoms with Crippen molar-refractivity contribution < 1.29 is 151 Å². The molecule has 6 aromatic rings. The summed E-state index contributed by atoms with van der Waals surface area (Å²) >= 11 is 0. The summed E-state index contributed by atoms with van der Waals surface area (Å²) in [7, 11) is -11.6. The second-order valence-corrected chi connectivity index (χ2v) is 24.4. The number of aryl methyl sites for hydroxylation is 3. The third kappa shape index (κ3) is 17.7. The van der Waals surface area contributed by atoms with Gasteiger partial charge in [-0.05, 0) is 38.5 Å². The Balaban J connectivity index is 0.000000263. The van der Waals surface area contributed by atoms with E-state index in [1.54, 1.807) is 23.7 Å². The van der Waals surface area contributed by atoms with Crippen molar-refractivity contribution in [3.05, 3.63) is 87.3 Å². The zero-order valence-electron chi connectivity index (χ0n) is 47.6. The summed E-state index contributed by atoms with van der Waals surface area (Å²) in [6.45, 7) is 28.1. The number of hydrogen-bond acceptors (Lipinski definition) is 21. The number of nitrogens with one attached hydrogen (secondary N) is 4. The Bertz CT molecular complexity index is 3390. The number of imidazole rings is 3. The molecule has 0 bridgehead atoms. The summed E-state index contributed by atoms with van der Waals surface area (Å²) in [6.07, 6.45) is 9.02. The molecule has 34 heteroatoms. The SMILES string of the molecule is [CH2-]C/C=C/S(=O)(=O)NC[C@H]1O[C@@H](n2cnc3c(C)ncnc32)[C@H](C)[C@@H]1C.[CH2-]CC(=O)NS(=O)(=O)NC[C@H]1O[C@@H](n2cnc3c(C)ncnc32)[C@H](C)[C@@H]1C.[CH2-]CC(=O)NS(=O)(=O)OC[C@H]1O[C@@H](n2cnc3c(C)ncnc32)[C@H](C)[C@@H]1C.[Y].[Y].[Y]. The molecule has 0 unspecified atom stereocenters. The molecular formula is C49H69N16O12S3Y3-3. The summed E-state index contributed by atoms with van der Waals surface area (Å²) in [5, 5.41) is 1.14. The Morgan fingerprint density at radius 3 is 1.29 bits per heavy atom. The van der Waals surface area contributed by atoms with Crippen LogP contribution >= 0.6 is 0 Å². The molecule has 6 aromatic heterocycles. The summed E-state index contributed by atoms with van der Waals surface area (Å²) in [4.78, 5) is 60.9. The fourth-order valence-corrected chi connectivity index (χ4v) is 11.9. The minimum Gasteiger partial charge on any atom is -0.353 e. The second kappa shape index (κ2) is 31.4. The van der Waals surface area contributed by atoms with Gasteiger partial charge in [-0.3, -0.25) is 27.5 Å². The normalized spacial score (nSPS) is 25.2. The predicted octanol–water partition coefficient (Wildman–Crippen LogP) is 3.34. The summed E-state index contributed by atoms with van der Waals surface area (Å²) in [6, 6.07) is 0. The Labute approximate surface area is 559 Å². The first-order chi connectivity index (χ1) is 37.8. The minimum absolute atomic E-state index is 0. The van der Waals surface area contributed by atoms with Gasteiger partial charge in [0.2, 0.25) is 21.8 Å². The molecule has 9 heterocycles. The van der Waals surface area contributed by atoms with Crippen LogP contribution in [-0.4, -0.2) is 134 Å². The zero-order valence-corrected chi connectivity index (χ0v) is 58.6. The molecule has 0 saturated carbocycles. The Kier molecular flexibility index (Phi) is 27.5. The summed E-state index contributed by atoms with van der Waals surface area (Å²) < 4.78 is 109. The monoisotopic (exact) mass is 1440 g/mol. The van der Waals surface area contributed by atoms with E-state index < -0.39 is 48.5 Å². The molecule has 83 heavy (non-hydrogen) atoms. The molecule has 4 N–H and O–H groups in total. The van der Waals surface area contributed by atoms with E-state index in [1.807, 2.05) is 66.9 Å². The van der Waals surface area contributed by atoms with E-state index in [0.717, 1.165) is 33.7 Å². The number of aromatic nitrogens is 12.